The van der Waals surface area contributed by atoms with Gasteiger partial charge in [0.15, 0.2) is 0 Å². The number of hydrogen-bond donors (Lipinski definition) is 0. The van der Waals surface area contributed by atoms with Crippen LogP contribution in [0, 0.1) is 0 Å². The Balaban J connectivity index is 1.41. The highest BCUT2D eigenvalue weighted by molar-refractivity contribution is 6.33. The highest BCUT2D eigenvalue weighted by Gasteiger charge is 2.48. The monoisotopic (exact) mass is 402 g/mol. The van der Waals surface area contributed by atoms with E-state index < -0.39 is 17.8 Å². The quantitative estimate of drug-likeness (QED) is 0.725. The molecule has 27 heavy (non-hydrogen) atoms. The molecule has 0 bridgehead atoms. The first-order valence-electron chi connectivity index (χ1n) is 8.83. The van der Waals surface area contributed by atoms with E-state index in [-0.39, 0.29) is 29.3 Å². The Morgan fingerprint density at radius 1 is 1.11 bits per heavy atom. The van der Waals surface area contributed by atoms with Crippen molar-refractivity contribution in [3.8, 4) is 0 Å². The van der Waals surface area contributed by atoms with Crippen molar-refractivity contribution in [3.05, 3.63) is 22.8 Å². The molecule has 0 unspecified atom stereocenters. The molecule has 0 aromatic carbocycles. The average molecular weight is 403 g/mol. The minimum Gasteiger partial charge on any atom is -0.353 e. The summed E-state index contributed by atoms with van der Waals surface area (Å²) in [5.41, 5.74) is -0.884. The molecule has 1 saturated carbocycles. The molecule has 0 spiro atoms. The van der Waals surface area contributed by atoms with Crippen LogP contribution in [0.4, 0.5) is 19.0 Å². The van der Waals surface area contributed by atoms with Crippen molar-refractivity contribution >= 4 is 29.2 Å². The van der Waals surface area contributed by atoms with Gasteiger partial charge >= 0.3 is 6.18 Å². The molecule has 2 saturated heterocycles. The van der Waals surface area contributed by atoms with Crippen LogP contribution in [0.5, 0.6) is 0 Å². The van der Waals surface area contributed by atoms with E-state index in [1.807, 2.05) is 4.90 Å². The number of anilines is 1. The molecule has 0 N–H and O–H groups in total. The minimum absolute atomic E-state index is 0.0506. The zero-order valence-corrected chi connectivity index (χ0v) is 15.1. The number of hydrogen-bond acceptors (Lipinski definition) is 5. The largest absolute Gasteiger partial charge is 0.417 e. The van der Waals surface area contributed by atoms with E-state index in [9.17, 15) is 22.8 Å². The van der Waals surface area contributed by atoms with Crippen molar-refractivity contribution in [2.45, 2.75) is 37.5 Å². The number of imide groups is 1. The lowest BCUT2D eigenvalue weighted by Crippen LogP contribution is -2.53. The third-order valence-electron chi connectivity index (χ3n) is 5.27. The number of carbonyl (C=O) groups excluding carboxylic acids is 2. The van der Waals surface area contributed by atoms with Crippen molar-refractivity contribution < 1.29 is 22.8 Å². The molecule has 3 fully saturated rings. The molecule has 146 valence electrons. The fourth-order valence-electron chi connectivity index (χ4n) is 3.70. The van der Waals surface area contributed by atoms with Gasteiger partial charge in [0.1, 0.15) is 5.82 Å². The molecular formula is C17H18ClF3N4O2. The molecule has 6 nitrogen and oxygen atoms in total. The van der Waals surface area contributed by atoms with Crippen LogP contribution in [0.1, 0.15) is 24.8 Å². The van der Waals surface area contributed by atoms with E-state index in [1.54, 1.807) is 4.90 Å². The number of piperazine rings is 1. The molecule has 3 aliphatic rings. The SMILES string of the molecule is O=C1C[C@H](N2CCN(c3ncc(C(F)(F)F)cc3Cl)CC2)C(=O)N1C1CC1. The van der Waals surface area contributed by atoms with Gasteiger partial charge in [-0.2, -0.15) is 13.2 Å². The standard InChI is InChI=1S/C17H18ClF3N4O2/c18-12-7-10(17(19,20)21)9-22-15(12)24-5-3-23(4-6-24)13-8-14(26)25(16(13)27)11-1-2-11/h7,9,11,13H,1-6,8H2/t13-/m0/s1. The van der Waals surface area contributed by atoms with Crippen molar-refractivity contribution in [2.24, 2.45) is 0 Å². The second-order valence-electron chi connectivity index (χ2n) is 7.10. The summed E-state index contributed by atoms with van der Waals surface area (Å²) in [6.07, 6.45) is -1.74. The molecule has 2 aliphatic heterocycles. The third kappa shape index (κ3) is 3.50. The maximum absolute atomic E-state index is 12.7. The van der Waals surface area contributed by atoms with Gasteiger partial charge in [-0.1, -0.05) is 11.6 Å². The Bertz CT molecular complexity index is 776. The second kappa shape index (κ2) is 6.63. The van der Waals surface area contributed by atoms with Crippen LogP contribution in [0.25, 0.3) is 0 Å². The molecule has 3 heterocycles. The highest BCUT2D eigenvalue weighted by Crippen LogP contribution is 2.35. The molecule has 4 rings (SSSR count). The number of likely N-dealkylation sites (tertiary alicyclic amines) is 1. The van der Waals surface area contributed by atoms with Gasteiger partial charge in [-0.05, 0) is 18.9 Å². The maximum atomic E-state index is 12.7. The first kappa shape index (κ1) is 18.5. The molecule has 1 aromatic rings. The number of pyridine rings is 1. The number of rotatable bonds is 3. The van der Waals surface area contributed by atoms with E-state index in [0.717, 1.165) is 25.1 Å². The lowest BCUT2D eigenvalue weighted by molar-refractivity contribution is -0.140. The summed E-state index contributed by atoms with van der Waals surface area (Å²) in [6, 6.07) is 0.519. The van der Waals surface area contributed by atoms with Gasteiger partial charge < -0.3 is 4.90 Å². The summed E-state index contributed by atoms with van der Waals surface area (Å²) in [4.78, 5) is 33.7. The van der Waals surface area contributed by atoms with Crippen LogP contribution < -0.4 is 4.90 Å². The average Bonchev–Trinajstić information content (AvgIpc) is 3.39. The molecule has 0 radical (unpaired) electrons. The van der Waals surface area contributed by atoms with Crippen LogP contribution in [-0.4, -0.2) is 64.9 Å². The fourth-order valence-corrected chi connectivity index (χ4v) is 3.99. The third-order valence-corrected chi connectivity index (χ3v) is 5.55. The lowest BCUT2D eigenvalue weighted by Gasteiger charge is -2.37. The zero-order valence-electron chi connectivity index (χ0n) is 14.4. The highest BCUT2D eigenvalue weighted by atomic mass is 35.5. The van der Waals surface area contributed by atoms with Crippen molar-refractivity contribution in [1.29, 1.82) is 0 Å². The topological polar surface area (TPSA) is 56.8 Å². The van der Waals surface area contributed by atoms with Crippen LogP contribution in [-0.2, 0) is 15.8 Å². The Morgan fingerprint density at radius 3 is 2.33 bits per heavy atom. The van der Waals surface area contributed by atoms with Gasteiger partial charge in [-0.15, -0.1) is 0 Å². The van der Waals surface area contributed by atoms with Crippen molar-refractivity contribution in [2.75, 3.05) is 31.1 Å². The Labute approximate surface area is 158 Å². The van der Waals surface area contributed by atoms with Gasteiger partial charge in [-0.25, -0.2) is 4.98 Å². The summed E-state index contributed by atoms with van der Waals surface area (Å²) in [5, 5.41) is -0.0506. The Hall–Kier alpha value is -1.87. The molecule has 2 amide bonds. The number of nitrogens with zero attached hydrogens (tertiary/aromatic N) is 4. The second-order valence-corrected chi connectivity index (χ2v) is 7.51. The van der Waals surface area contributed by atoms with Gasteiger partial charge in [0, 0.05) is 38.4 Å². The van der Waals surface area contributed by atoms with Gasteiger partial charge in [-0.3, -0.25) is 19.4 Å². The zero-order chi connectivity index (χ0) is 19.3. The van der Waals surface area contributed by atoms with Crippen LogP contribution in [0.2, 0.25) is 5.02 Å². The first-order valence-corrected chi connectivity index (χ1v) is 9.21. The summed E-state index contributed by atoms with van der Waals surface area (Å²) in [6.45, 7) is 1.97. The van der Waals surface area contributed by atoms with Crippen molar-refractivity contribution in [1.82, 2.24) is 14.8 Å². The van der Waals surface area contributed by atoms with E-state index in [1.165, 1.54) is 4.90 Å². The van der Waals surface area contributed by atoms with Crippen LogP contribution in [0.15, 0.2) is 12.3 Å². The number of alkyl halides is 3. The van der Waals surface area contributed by atoms with E-state index in [0.29, 0.717) is 32.0 Å². The Morgan fingerprint density at radius 2 is 1.78 bits per heavy atom. The first-order chi connectivity index (χ1) is 12.8. The predicted molar refractivity (Wildman–Crippen MR) is 91.3 cm³/mol. The fraction of sp³-hybridized carbons (Fsp3) is 0.588. The van der Waals surface area contributed by atoms with Crippen molar-refractivity contribution in [3.63, 3.8) is 0 Å². The minimum atomic E-state index is -4.49. The number of carbonyl (C=O) groups is 2. The molecule has 1 aromatic heterocycles. The molecular weight excluding hydrogens is 385 g/mol. The van der Waals surface area contributed by atoms with Gasteiger partial charge in [0.25, 0.3) is 0 Å². The van der Waals surface area contributed by atoms with Crippen LogP contribution >= 0.6 is 11.6 Å². The number of amides is 2. The van der Waals surface area contributed by atoms with Crippen LogP contribution in [0.3, 0.4) is 0 Å². The number of halogens is 4. The van der Waals surface area contributed by atoms with Gasteiger partial charge in [0.05, 0.1) is 23.0 Å². The van der Waals surface area contributed by atoms with Gasteiger partial charge in [0.2, 0.25) is 11.8 Å². The lowest BCUT2D eigenvalue weighted by atomic mass is 10.1. The summed E-state index contributed by atoms with van der Waals surface area (Å²) in [7, 11) is 0. The predicted octanol–water partition coefficient (Wildman–Crippen LogP) is 2.17. The number of aromatic nitrogens is 1. The smallest absolute Gasteiger partial charge is 0.353 e. The van der Waals surface area contributed by atoms with E-state index >= 15 is 0 Å². The maximum Gasteiger partial charge on any atom is 0.417 e. The Kier molecular flexibility index (Phi) is 4.54. The normalized spacial score (nSPS) is 24.8. The van der Waals surface area contributed by atoms with E-state index in [2.05, 4.69) is 4.98 Å². The van der Waals surface area contributed by atoms with E-state index in [4.69, 9.17) is 11.6 Å². The summed E-state index contributed by atoms with van der Waals surface area (Å²) >= 11 is 6.01. The molecule has 1 aliphatic carbocycles. The molecule has 1 atom stereocenters. The summed E-state index contributed by atoms with van der Waals surface area (Å²) < 4.78 is 38.2. The molecule has 10 heteroatoms. The summed E-state index contributed by atoms with van der Waals surface area (Å²) in [5.74, 6) is 0.0711.